The predicted molar refractivity (Wildman–Crippen MR) is 52.1 cm³/mol. The van der Waals surface area contributed by atoms with E-state index in [0.29, 0.717) is 13.0 Å². The summed E-state index contributed by atoms with van der Waals surface area (Å²) in [5.41, 5.74) is 0. The lowest BCUT2D eigenvalue weighted by atomic mass is 10.2. The number of carboxylic acid groups (broad SMARTS) is 1. The van der Waals surface area contributed by atoms with Gasteiger partial charge in [-0.2, -0.15) is 0 Å². The molecular weight excluding hydrogens is 186 g/mol. The Bertz CT molecular complexity index is 159. The molecule has 0 heterocycles. The first-order chi connectivity index (χ1) is 6.60. The van der Waals surface area contributed by atoms with E-state index in [4.69, 9.17) is 14.6 Å². The maximum atomic E-state index is 10.3. The second-order valence-electron chi connectivity index (χ2n) is 3.14. The maximum Gasteiger partial charge on any atom is 0.303 e. The molecule has 1 atom stereocenters. The van der Waals surface area contributed by atoms with Crippen LogP contribution in [-0.4, -0.2) is 44.2 Å². The van der Waals surface area contributed by atoms with Crippen LogP contribution in [0.5, 0.6) is 0 Å². The van der Waals surface area contributed by atoms with Gasteiger partial charge in [0.15, 0.2) is 6.29 Å². The SMILES string of the molecule is COC(CNC(C)CCC(=O)O)OC. The Labute approximate surface area is 84.4 Å². The van der Waals surface area contributed by atoms with Crippen molar-refractivity contribution in [1.29, 1.82) is 0 Å². The van der Waals surface area contributed by atoms with Gasteiger partial charge < -0.3 is 19.9 Å². The highest BCUT2D eigenvalue weighted by Gasteiger charge is 2.08. The Hall–Kier alpha value is -0.650. The second-order valence-corrected chi connectivity index (χ2v) is 3.14. The van der Waals surface area contributed by atoms with Crippen LogP contribution in [0, 0.1) is 0 Å². The summed E-state index contributed by atoms with van der Waals surface area (Å²) in [6.07, 6.45) is 0.510. The first-order valence-corrected chi connectivity index (χ1v) is 4.61. The number of methoxy groups -OCH3 is 2. The van der Waals surface area contributed by atoms with Crippen molar-refractivity contribution in [3.8, 4) is 0 Å². The van der Waals surface area contributed by atoms with E-state index in [1.165, 1.54) is 0 Å². The van der Waals surface area contributed by atoms with Gasteiger partial charge in [-0.1, -0.05) is 0 Å². The van der Waals surface area contributed by atoms with E-state index in [1.807, 2.05) is 6.92 Å². The first kappa shape index (κ1) is 13.4. The van der Waals surface area contributed by atoms with E-state index in [-0.39, 0.29) is 18.8 Å². The van der Waals surface area contributed by atoms with Crippen LogP contribution >= 0.6 is 0 Å². The molecule has 0 fully saturated rings. The molecule has 14 heavy (non-hydrogen) atoms. The molecule has 0 bridgehead atoms. The van der Waals surface area contributed by atoms with E-state index in [2.05, 4.69) is 5.32 Å². The Morgan fingerprint density at radius 3 is 2.43 bits per heavy atom. The van der Waals surface area contributed by atoms with Crippen molar-refractivity contribution in [2.75, 3.05) is 20.8 Å². The molecule has 5 heteroatoms. The van der Waals surface area contributed by atoms with Crippen molar-refractivity contribution in [1.82, 2.24) is 5.32 Å². The molecule has 0 amide bonds. The van der Waals surface area contributed by atoms with Crippen molar-refractivity contribution in [2.24, 2.45) is 0 Å². The summed E-state index contributed by atoms with van der Waals surface area (Å²) in [5, 5.41) is 11.6. The third-order valence-electron chi connectivity index (χ3n) is 1.95. The molecule has 0 saturated carbocycles. The molecule has 2 N–H and O–H groups in total. The fraction of sp³-hybridized carbons (Fsp3) is 0.889. The van der Waals surface area contributed by atoms with Gasteiger partial charge in [0.2, 0.25) is 0 Å². The number of ether oxygens (including phenoxy) is 2. The van der Waals surface area contributed by atoms with Gasteiger partial charge in [0.1, 0.15) is 0 Å². The fourth-order valence-corrected chi connectivity index (χ4v) is 1.00. The molecule has 0 aromatic rings. The molecule has 84 valence electrons. The quantitative estimate of drug-likeness (QED) is 0.563. The van der Waals surface area contributed by atoms with Gasteiger partial charge in [-0.15, -0.1) is 0 Å². The van der Waals surface area contributed by atoms with Crippen molar-refractivity contribution in [3.63, 3.8) is 0 Å². The lowest BCUT2D eigenvalue weighted by Gasteiger charge is -2.17. The van der Waals surface area contributed by atoms with Gasteiger partial charge in [0.05, 0.1) is 0 Å². The molecule has 0 aromatic carbocycles. The van der Waals surface area contributed by atoms with E-state index in [9.17, 15) is 4.79 Å². The molecule has 0 spiro atoms. The predicted octanol–water partition coefficient (Wildman–Crippen LogP) is 0.448. The fourth-order valence-electron chi connectivity index (χ4n) is 1.00. The lowest BCUT2D eigenvalue weighted by Crippen LogP contribution is -2.35. The normalized spacial score (nSPS) is 13.1. The van der Waals surface area contributed by atoms with E-state index < -0.39 is 5.97 Å². The van der Waals surface area contributed by atoms with Crippen LogP contribution in [0.3, 0.4) is 0 Å². The second kappa shape index (κ2) is 7.73. The number of nitrogens with one attached hydrogen (secondary N) is 1. The smallest absolute Gasteiger partial charge is 0.303 e. The minimum atomic E-state index is -0.770. The molecule has 0 aliphatic carbocycles. The Kier molecular flexibility index (Phi) is 7.37. The van der Waals surface area contributed by atoms with E-state index in [1.54, 1.807) is 14.2 Å². The third kappa shape index (κ3) is 6.82. The van der Waals surface area contributed by atoms with Crippen molar-refractivity contribution < 1.29 is 19.4 Å². The van der Waals surface area contributed by atoms with Crippen molar-refractivity contribution >= 4 is 5.97 Å². The number of hydrogen-bond donors (Lipinski definition) is 2. The first-order valence-electron chi connectivity index (χ1n) is 4.61. The van der Waals surface area contributed by atoms with Crippen LogP contribution in [0.1, 0.15) is 19.8 Å². The highest BCUT2D eigenvalue weighted by atomic mass is 16.7. The van der Waals surface area contributed by atoms with Gasteiger partial charge in [0.25, 0.3) is 0 Å². The third-order valence-corrected chi connectivity index (χ3v) is 1.95. The zero-order chi connectivity index (χ0) is 11.0. The van der Waals surface area contributed by atoms with Gasteiger partial charge in [-0.3, -0.25) is 4.79 Å². The van der Waals surface area contributed by atoms with Gasteiger partial charge in [-0.25, -0.2) is 0 Å². The minimum Gasteiger partial charge on any atom is -0.481 e. The largest absolute Gasteiger partial charge is 0.481 e. The summed E-state index contributed by atoms with van der Waals surface area (Å²) in [4.78, 5) is 10.3. The standard InChI is InChI=1S/C9H19NO4/c1-7(4-5-8(11)12)10-6-9(13-2)14-3/h7,9-10H,4-6H2,1-3H3,(H,11,12). The van der Waals surface area contributed by atoms with Crippen LogP contribution < -0.4 is 5.32 Å². The molecule has 0 aromatic heterocycles. The van der Waals surface area contributed by atoms with Gasteiger partial charge >= 0.3 is 5.97 Å². The van der Waals surface area contributed by atoms with Crippen molar-refractivity contribution in [2.45, 2.75) is 32.1 Å². The summed E-state index contributed by atoms with van der Waals surface area (Å²) >= 11 is 0. The molecule has 0 aliphatic heterocycles. The zero-order valence-corrected chi connectivity index (χ0v) is 8.95. The Morgan fingerprint density at radius 1 is 1.43 bits per heavy atom. The summed E-state index contributed by atoms with van der Waals surface area (Å²) in [5.74, 6) is -0.770. The number of hydrogen-bond acceptors (Lipinski definition) is 4. The monoisotopic (exact) mass is 205 g/mol. The van der Waals surface area contributed by atoms with Crippen LogP contribution in [-0.2, 0) is 14.3 Å². The van der Waals surface area contributed by atoms with E-state index in [0.717, 1.165) is 0 Å². The average molecular weight is 205 g/mol. The van der Waals surface area contributed by atoms with Crippen LogP contribution in [0.15, 0.2) is 0 Å². The van der Waals surface area contributed by atoms with Crippen LogP contribution in [0.2, 0.25) is 0 Å². The molecule has 0 aliphatic rings. The number of carbonyl (C=O) groups is 1. The number of aliphatic carboxylic acids is 1. The molecule has 0 saturated heterocycles. The lowest BCUT2D eigenvalue weighted by molar-refractivity contribution is -0.137. The van der Waals surface area contributed by atoms with Crippen LogP contribution in [0.4, 0.5) is 0 Å². The topological polar surface area (TPSA) is 67.8 Å². The number of carboxylic acids is 1. The molecule has 5 nitrogen and oxygen atoms in total. The average Bonchev–Trinajstić information content (AvgIpc) is 2.16. The van der Waals surface area contributed by atoms with Gasteiger partial charge in [0, 0.05) is 33.2 Å². The molecular formula is C9H19NO4. The summed E-state index contributed by atoms with van der Waals surface area (Å²) in [6, 6.07) is 0.152. The summed E-state index contributed by atoms with van der Waals surface area (Å²) < 4.78 is 9.95. The number of rotatable bonds is 8. The maximum absolute atomic E-state index is 10.3. The minimum absolute atomic E-state index is 0.152. The van der Waals surface area contributed by atoms with Crippen molar-refractivity contribution in [3.05, 3.63) is 0 Å². The Morgan fingerprint density at radius 2 is 2.00 bits per heavy atom. The molecule has 0 radical (unpaired) electrons. The zero-order valence-electron chi connectivity index (χ0n) is 8.95. The highest BCUT2D eigenvalue weighted by Crippen LogP contribution is 1.97. The summed E-state index contributed by atoms with van der Waals surface area (Å²) in [7, 11) is 3.13. The Balaban J connectivity index is 3.51. The highest BCUT2D eigenvalue weighted by molar-refractivity contribution is 5.66. The molecule has 0 rings (SSSR count). The van der Waals surface area contributed by atoms with E-state index >= 15 is 0 Å². The van der Waals surface area contributed by atoms with Crippen LogP contribution in [0.25, 0.3) is 0 Å². The van der Waals surface area contributed by atoms with Gasteiger partial charge in [-0.05, 0) is 13.3 Å². The molecule has 1 unspecified atom stereocenters. The summed E-state index contributed by atoms with van der Waals surface area (Å²) in [6.45, 7) is 2.50.